The summed E-state index contributed by atoms with van der Waals surface area (Å²) in [5, 5.41) is 11.5. The standard InChI is InChI=1S/C25H19ClN2O6/c1-15-18(9-6-10-21(15)28(30)31)24-27-20(25(29)34-24)12-17-11-19(26)23(22(13-17)32-2)33-14-16-7-4-3-5-8-16/h3-13H,14H2,1-2H3/b20-12-. The van der Waals surface area contributed by atoms with Crippen LogP contribution in [0.25, 0.3) is 6.08 Å². The summed E-state index contributed by atoms with van der Waals surface area (Å²) < 4.78 is 16.6. The Morgan fingerprint density at radius 3 is 2.62 bits per heavy atom. The molecule has 1 aliphatic rings. The van der Waals surface area contributed by atoms with Crippen LogP contribution in [0.15, 0.2) is 71.4 Å². The summed E-state index contributed by atoms with van der Waals surface area (Å²) in [7, 11) is 1.49. The van der Waals surface area contributed by atoms with Gasteiger partial charge in [0.25, 0.3) is 5.69 Å². The second-order valence-electron chi connectivity index (χ2n) is 7.35. The van der Waals surface area contributed by atoms with Crippen LogP contribution in [0.4, 0.5) is 5.69 Å². The molecular formula is C25H19ClN2O6. The first-order valence-electron chi connectivity index (χ1n) is 10.2. The molecule has 0 atom stereocenters. The van der Waals surface area contributed by atoms with Gasteiger partial charge in [-0.05, 0) is 42.3 Å². The molecule has 1 aliphatic heterocycles. The van der Waals surface area contributed by atoms with Gasteiger partial charge in [0.2, 0.25) is 5.90 Å². The molecule has 0 saturated heterocycles. The number of halogens is 1. The van der Waals surface area contributed by atoms with Gasteiger partial charge in [-0.25, -0.2) is 9.79 Å². The largest absolute Gasteiger partial charge is 0.493 e. The van der Waals surface area contributed by atoms with Crippen LogP contribution in [0.1, 0.15) is 22.3 Å². The molecule has 0 bridgehead atoms. The lowest BCUT2D eigenvalue weighted by Gasteiger charge is -2.13. The number of nitrogens with zero attached hydrogens (tertiary/aromatic N) is 2. The number of carbonyl (C=O) groups is 1. The zero-order chi connectivity index (χ0) is 24.2. The highest BCUT2D eigenvalue weighted by molar-refractivity contribution is 6.32. The fourth-order valence-corrected chi connectivity index (χ4v) is 3.70. The molecule has 0 spiro atoms. The van der Waals surface area contributed by atoms with E-state index in [1.807, 2.05) is 30.3 Å². The lowest BCUT2D eigenvalue weighted by molar-refractivity contribution is -0.385. The van der Waals surface area contributed by atoms with Crippen LogP contribution >= 0.6 is 11.6 Å². The van der Waals surface area contributed by atoms with Gasteiger partial charge in [-0.1, -0.05) is 48.0 Å². The van der Waals surface area contributed by atoms with E-state index in [4.69, 9.17) is 25.8 Å². The van der Waals surface area contributed by atoms with Crippen molar-refractivity contribution in [1.29, 1.82) is 0 Å². The van der Waals surface area contributed by atoms with Crippen molar-refractivity contribution in [3.63, 3.8) is 0 Å². The number of hydrogen-bond acceptors (Lipinski definition) is 7. The molecule has 0 N–H and O–H groups in total. The normalized spacial score (nSPS) is 14.0. The number of benzene rings is 3. The average Bonchev–Trinajstić information content (AvgIpc) is 3.18. The molecule has 172 valence electrons. The zero-order valence-electron chi connectivity index (χ0n) is 18.3. The van der Waals surface area contributed by atoms with E-state index >= 15 is 0 Å². The SMILES string of the molecule is COc1cc(/C=C2\N=C(c3cccc([N+](=O)[O-])c3C)OC2=O)cc(Cl)c1OCc1ccccc1. The van der Waals surface area contributed by atoms with Crippen LogP contribution in [0.3, 0.4) is 0 Å². The number of methoxy groups -OCH3 is 1. The van der Waals surface area contributed by atoms with Crippen LogP contribution in [0, 0.1) is 17.0 Å². The third-order valence-electron chi connectivity index (χ3n) is 5.13. The average molecular weight is 479 g/mol. The minimum atomic E-state index is -0.680. The van der Waals surface area contributed by atoms with Gasteiger partial charge in [0, 0.05) is 17.2 Å². The summed E-state index contributed by atoms with van der Waals surface area (Å²) in [6.45, 7) is 1.88. The number of hydrogen-bond donors (Lipinski definition) is 0. The van der Waals surface area contributed by atoms with Crippen molar-refractivity contribution in [1.82, 2.24) is 0 Å². The molecule has 8 nitrogen and oxygen atoms in total. The van der Waals surface area contributed by atoms with E-state index in [0.29, 0.717) is 39.8 Å². The third-order valence-corrected chi connectivity index (χ3v) is 5.41. The monoisotopic (exact) mass is 478 g/mol. The molecule has 0 aliphatic carbocycles. The lowest BCUT2D eigenvalue weighted by atomic mass is 10.1. The Morgan fingerprint density at radius 2 is 1.91 bits per heavy atom. The van der Waals surface area contributed by atoms with E-state index in [2.05, 4.69) is 4.99 Å². The number of nitro benzene ring substituents is 1. The van der Waals surface area contributed by atoms with Crippen molar-refractivity contribution in [2.45, 2.75) is 13.5 Å². The maximum atomic E-state index is 12.4. The maximum absolute atomic E-state index is 12.4. The van der Waals surface area contributed by atoms with Crippen molar-refractivity contribution in [2.24, 2.45) is 4.99 Å². The molecular weight excluding hydrogens is 460 g/mol. The summed E-state index contributed by atoms with van der Waals surface area (Å²) in [5.74, 6) is 0.0830. The molecule has 0 aromatic heterocycles. The van der Waals surface area contributed by atoms with E-state index in [9.17, 15) is 14.9 Å². The molecule has 4 rings (SSSR count). The Balaban J connectivity index is 1.63. The van der Waals surface area contributed by atoms with E-state index in [0.717, 1.165) is 5.56 Å². The summed E-state index contributed by atoms with van der Waals surface area (Å²) in [4.78, 5) is 27.4. The predicted molar refractivity (Wildman–Crippen MR) is 127 cm³/mol. The van der Waals surface area contributed by atoms with Crippen LogP contribution in [-0.2, 0) is 16.1 Å². The highest BCUT2D eigenvalue weighted by atomic mass is 35.5. The molecule has 0 saturated carbocycles. The number of ether oxygens (including phenoxy) is 3. The molecule has 0 radical (unpaired) electrons. The summed E-state index contributed by atoms with van der Waals surface area (Å²) in [6, 6.07) is 17.4. The fourth-order valence-electron chi connectivity index (χ4n) is 3.43. The minimum Gasteiger partial charge on any atom is -0.493 e. The molecule has 1 heterocycles. The van der Waals surface area contributed by atoms with Gasteiger partial charge in [0.1, 0.15) is 6.61 Å². The highest BCUT2D eigenvalue weighted by Gasteiger charge is 2.27. The van der Waals surface area contributed by atoms with Crippen LogP contribution in [-0.4, -0.2) is 23.9 Å². The number of nitro groups is 1. The van der Waals surface area contributed by atoms with Gasteiger partial charge in [-0.15, -0.1) is 0 Å². The first-order chi connectivity index (χ1) is 16.4. The van der Waals surface area contributed by atoms with E-state index in [1.165, 1.54) is 25.3 Å². The first kappa shape index (κ1) is 23.0. The lowest BCUT2D eigenvalue weighted by Crippen LogP contribution is -2.08. The van der Waals surface area contributed by atoms with Gasteiger partial charge in [0.15, 0.2) is 17.2 Å². The molecule has 3 aromatic carbocycles. The van der Waals surface area contributed by atoms with Gasteiger partial charge in [-0.3, -0.25) is 10.1 Å². The topological polar surface area (TPSA) is 100 Å². The molecule has 0 unspecified atom stereocenters. The number of aliphatic imine (C=N–C) groups is 1. The summed E-state index contributed by atoms with van der Waals surface area (Å²) >= 11 is 6.44. The van der Waals surface area contributed by atoms with Crippen LogP contribution in [0.2, 0.25) is 5.02 Å². The van der Waals surface area contributed by atoms with Crippen molar-refractivity contribution < 1.29 is 23.9 Å². The quantitative estimate of drug-likeness (QED) is 0.193. The highest BCUT2D eigenvalue weighted by Crippen LogP contribution is 2.38. The number of rotatable bonds is 7. The second-order valence-corrected chi connectivity index (χ2v) is 7.76. The molecule has 0 fully saturated rings. The number of cyclic esters (lactones) is 1. The summed E-state index contributed by atoms with van der Waals surface area (Å²) in [6.07, 6.45) is 1.50. The molecule has 9 heteroatoms. The Labute approximate surface area is 200 Å². The fraction of sp³-hybridized carbons (Fsp3) is 0.120. The van der Waals surface area contributed by atoms with Gasteiger partial charge in [0.05, 0.1) is 17.1 Å². The predicted octanol–water partition coefficient (Wildman–Crippen LogP) is 5.49. The third kappa shape index (κ3) is 4.77. The van der Waals surface area contributed by atoms with E-state index in [1.54, 1.807) is 25.1 Å². The smallest absolute Gasteiger partial charge is 0.363 e. The number of carbonyl (C=O) groups excluding carboxylic acids is 1. The van der Waals surface area contributed by atoms with Gasteiger partial charge < -0.3 is 14.2 Å². The zero-order valence-corrected chi connectivity index (χ0v) is 19.0. The Hall–Kier alpha value is -4.17. The number of esters is 1. The van der Waals surface area contributed by atoms with Gasteiger partial charge in [-0.2, -0.15) is 0 Å². The van der Waals surface area contributed by atoms with Crippen LogP contribution in [0.5, 0.6) is 11.5 Å². The van der Waals surface area contributed by atoms with Crippen molar-refractivity contribution in [3.05, 3.63) is 104 Å². The van der Waals surface area contributed by atoms with Crippen molar-refractivity contribution >= 4 is 35.2 Å². The molecule has 34 heavy (non-hydrogen) atoms. The van der Waals surface area contributed by atoms with E-state index in [-0.39, 0.29) is 17.3 Å². The van der Waals surface area contributed by atoms with Crippen molar-refractivity contribution in [2.75, 3.05) is 7.11 Å². The molecule has 0 amide bonds. The second kappa shape index (κ2) is 9.76. The van der Waals surface area contributed by atoms with Crippen LogP contribution < -0.4 is 9.47 Å². The minimum absolute atomic E-state index is 0.00155. The Morgan fingerprint density at radius 1 is 1.15 bits per heavy atom. The van der Waals surface area contributed by atoms with Crippen molar-refractivity contribution in [3.8, 4) is 11.5 Å². The Bertz CT molecular complexity index is 1330. The maximum Gasteiger partial charge on any atom is 0.363 e. The Kier molecular flexibility index (Phi) is 6.60. The molecule has 3 aromatic rings. The first-order valence-corrected chi connectivity index (χ1v) is 10.6. The van der Waals surface area contributed by atoms with Gasteiger partial charge >= 0.3 is 5.97 Å². The summed E-state index contributed by atoms with van der Waals surface area (Å²) in [5.41, 5.74) is 2.17. The van der Waals surface area contributed by atoms with E-state index < -0.39 is 10.9 Å².